The third-order valence-electron chi connectivity index (χ3n) is 2.91. The van der Waals surface area contributed by atoms with Crippen molar-refractivity contribution in [1.82, 2.24) is 0 Å². The summed E-state index contributed by atoms with van der Waals surface area (Å²) in [5.74, 6) is 0. The minimum absolute atomic E-state index is 0.555. The van der Waals surface area contributed by atoms with Crippen molar-refractivity contribution < 1.29 is 5.11 Å². The highest BCUT2D eigenvalue weighted by Crippen LogP contribution is 2.14. The van der Waals surface area contributed by atoms with E-state index < -0.39 is 6.10 Å². The molecule has 2 aromatic carbocycles. The van der Waals surface area contributed by atoms with Crippen LogP contribution >= 0.6 is 0 Å². The quantitative estimate of drug-likeness (QED) is 0.802. The minimum Gasteiger partial charge on any atom is -0.384 e. The van der Waals surface area contributed by atoms with E-state index in [-0.39, 0.29) is 0 Å². The molecule has 0 bridgehead atoms. The lowest BCUT2D eigenvalue weighted by Gasteiger charge is -2.05. The lowest BCUT2D eigenvalue weighted by Crippen LogP contribution is -1.92. The van der Waals surface area contributed by atoms with Gasteiger partial charge in [-0.1, -0.05) is 84.5 Å². The number of aliphatic hydroxyl groups excluding tert-OH is 1. The number of allylic oxidation sites excluding steroid dienone is 2. The van der Waals surface area contributed by atoms with Crippen LogP contribution in [0.5, 0.6) is 0 Å². The van der Waals surface area contributed by atoms with Gasteiger partial charge in [0, 0.05) is 0 Å². The van der Waals surface area contributed by atoms with Gasteiger partial charge < -0.3 is 5.11 Å². The van der Waals surface area contributed by atoms with Crippen molar-refractivity contribution in [3.05, 3.63) is 89.5 Å². The summed E-state index contributed by atoms with van der Waals surface area (Å²) < 4.78 is 0. The molecule has 0 spiro atoms. The van der Waals surface area contributed by atoms with Crippen LogP contribution in [0, 0.1) is 6.92 Å². The largest absolute Gasteiger partial charge is 0.384 e. The summed E-state index contributed by atoms with van der Waals surface area (Å²) in [6.45, 7) is 2.04. The smallest absolute Gasteiger partial charge is 0.0974 e. The Balaban J connectivity index is 1.95. The molecule has 1 N–H and O–H groups in total. The number of benzene rings is 2. The Morgan fingerprint density at radius 2 is 1.58 bits per heavy atom. The fourth-order valence-corrected chi connectivity index (χ4v) is 1.77. The Morgan fingerprint density at radius 1 is 0.895 bits per heavy atom. The van der Waals surface area contributed by atoms with E-state index in [4.69, 9.17) is 0 Å². The predicted octanol–water partition coefficient (Wildman–Crippen LogP) is 4.30. The lowest BCUT2D eigenvalue weighted by molar-refractivity contribution is 0.228. The SMILES string of the molecule is Cc1ccc(C(O)/C=C\C=C\c2ccccc2)cc1. The topological polar surface area (TPSA) is 20.2 Å². The Hall–Kier alpha value is -2.12. The Morgan fingerprint density at radius 3 is 2.26 bits per heavy atom. The second-order valence-corrected chi connectivity index (χ2v) is 4.51. The van der Waals surface area contributed by atoms with Crippen molar-refractivity contribution in [3.8, 4) is 0 Å². The first-order valence-electron chi connectivity index (χ1n) is 6.40. The van der Waals surface area contributed by atoms with Crippen LogP contribution in [-0.2, 0) is 0 Å². The van der Waals surface area contributed by atoms with Gasteiger partial charge in [-0.3, -0.25) is 0 Å². The van der Waals surface area contributed by atoms with Crippen LogP contribution < -0.4 is 0 Å². The molecule has 0 saturated heterocycles. The number of hydrogen-bond donors (Lipinski definition) is 1. The molecule has 1 atom stereocenters. The summed E-state index contributed by atoms with van der Waals surface area (Å²) >= 11 is 0. The number of rotatable bonds is 4. The summed E-state index contributed by atoms with van der Waals surface area (Å²) in [5, 5.41) is 9.99. The third-order valence-corrected chi connectivity index (χ3v) is 2.91. The first-order valence-corrected chi connectivity index (χ1v) is 6.40. The second-order valence-electron chi connectivity index (χ2n) is 4.51. The van der Waals surface area contributed by atoms with Crippen molar-refractivity contribution in [2.75, 3.05) is 0 Å². The lowest BCUT2D eigenvalue weighted by atomic mass is 10.1. The first kappa shape index (κ1) is 13.3. The second kappa shape index (κ2) is 6.72. The van der Waals surface area contributed by atoms with Gasteiger partial charge in [0.1, 0.15) is 0 Å². The molecule has 0 aliphatic rings. The summed E-state index contributed by atoms with van der Waals surface area (Å²) in [7, 11) is 0. The zero-order chi connectivity index (χ0) is 13.5. The molecular weight excluding hydrogens is 232 g/mol. The normalized spacial score (nSPS) is 13.2. The van der Waals surface area contributed by atoms with Gasteiger partial charge >= 0.3 is 0 Å². The summed E-state index contributed by atoms with van der Waals surface area (Å²) in [6, 6.07) is 18.0. The van der Waals surface area contributed by atoms with E-state index >= 15 is 0 Å². The molecule has 0 aromatic heterocycles. The maximum absolute atomic E-state index is 9.99. The van der Waals surface area contributed by atoms with E-state index in [0.29, 0.717) is 0 Å². The summed E-state index contributed by atoms with van der Waals surface area (Å²) in [6.07, 6.45) is 7.05. The molecule has 1 unspecified atom stereocenters. The Kier molecular flexibility index (Phi) is 4.71. The fraction of sp³-hybridized carbons (Fsp3) is 0.111. The summed E-state index contributed by atoms with van der Waals surface area (Å²) in [5.41, 5.74) is 3.26. The van der Waals surface area contributed by atoms with Gasteiger partial charge in [-0.2, -0.15) is 0 Å². The standard InChI is InChI=1S/C18H18O/c1-15-11-13-17(14-12-15)18(19)10-6-5-9-16-7-3-2-4-8-16/h2-14,18-19H,1H3/b9-5+,10-6-. The van der Waals surface area contributed by atoms with Crippen LogP contribution in [0.15, 0.2) is 72.8 Å². The molecule has 2 rings (SSSR count). The average Bonchev–Trinajstić information content (AvgIpc) is 2.45. The molecule has 1 nitrogen and oxygen atoms in total. The van der Waals surface area contributed by atoms with E-state index in [9.17, 15) is 5.11 Å². The van der Waals surface area contributed by atoms with Gasteiger partial charge in [-0.05, 0) is 18.1 Å². The van der Waals surface area contributed by atoms with Gasteiger partial charge in [0.05, 0.1) is 6.10 Å². The van der Waals surface area contributed by atoms with Crippen LogP contribution in [0.2, 0.25) is 0 Å². The fourth-order valence-electron chi connectivity index (χ4n) is 1.77. The number of hydrogen-bond acceptors (Lipinski definition) is 1. The minimum atomic E-state index is -0.555. The van der Waals surface area contributed by atoms with E-state index in [0.717, 1.165) is 11.1 Å². The molecule has 0 saturated carbocycles. The molecule has 0 aliphatic carbocycles. The maximum atomic E-state index is 9.99. The van der Waals surface area contributed by atoms with Crippen LogP contribution in [0.1, 0.15) is 22.8 Å². The van der Waals surface area contributed by atoms with Crippen molar-refractivity contribution in [2.45, 2.75) is 13.0 Å². The van der Waals surface area contributed by atoms with Crippen molar-refractivity contribution >= 4 is 6.08 Å². The zero-order valence-electron chi connectivity index (χ0n) is 11.0. The van der Waals surface area contributed by atoms with Gasteiger partial charge in [-0.25, -0.2) is 0 Å². The summed E-state index contributed by atoms with van der Waals surface area (Å²) in [4.78, 5) is 0. The maximum Gasteiger partial charge on any atom is 0.0974 e. The first-order chi connectivity index (χ1) is 9.25. The van der Waals surface area contributed by atoms with Crippen LogP contribution in [0.3, 0.4) is 0 Å². The highest BCUT2D eigenvalue weighted by Gasteiger charge is 2.00. The number of aliphatic hydroxyl groups is 1. The predicted molar refractivity (Wildman–Crippen MR) is 80.8 cm³/mol. The molecular formula is C18H18O. The molecule has 1 heteroatoms. The molecule has 19 heavy (non-hydrogen) atoms. The Bertz CT molecular complexity index is 550. The monoisotopic (exact) mass is 250 g/mol. The van der Waals surface area contributed by atoms with Crippen molar-refractivity contribution in [2.24, 2.45) is 0 Å². The molecule has 0 fully saturated rings. The highest BCUT2D eigenvalue weighted by atomic mass is 16.3. The van der Waals surface area contributed by atoms with E-state index in [1.807, 2.05) is 79.7 Å². The molecule has 0 amide bonds. The van der Waals surface area contributed by atoms with E-state index in [2.05, 4.69) is 0 Å². The van der Waals surface area contributed by atoms with Crippen molar-refractivity contribution in [1.29, 1.82) is 0 Å². The molecule has 0 aliphatic heterocycles. The molecule has 96 valence electrons. The molecule has 0 radical (unpaired) electrons. The van der Waals surface area contributed by atoms with Gasteiger partial charge in [0.2, 0.25) is 0 Å². The van der Waals surface area contributed by atoms with E-state index in [1.165, 1.54) is 5.56 Å². The van der Waals surface area contributed by atoms with Crippen LogP contribution in [-0.4, -0.2) is 5.11 Å². The Labute approximate surface area is 114 Å². The van der Waals surface area contributed by atoms with Crippen molar-refractivity contribution in [3.63, 3.8) is 0 Å². The van der Waals surface area contributed by atoms with Gasteiger partial charge in [-0.15, -0.1) is 0 Å². The number of aryl methyl sites for hydroxylation is 1. The van der Waals surface area contributed by atoms with Gasteiger partial charge in [0.15, 0.2) is 0 Å². The van der Waals surface area contributed by atoms with Crippen LogP contribution in [0.25, 0.3) is 6.08 Å². The molecule has 2 aromatic rings. The highest BCUT2D eigenvalue weighted by molar-refractivity contribution is 5.50. The molecule has 0 heterocycles. The zero-order valence-corrected chi connectivity index (χ0v) is 11.0. The average molecular weight is 250 g/mol. The van der Waals surface area contributed by atoms with Gasteiger partial charge in [0.25, 0.3) is 0 Å². The third kappa shape index (κ3) is 4.23. The van der Waals surface area contributed by atoms with E-state index in [1.54, 1.807) is 6.08 Å². The van der Waals surface area contributed by atoms with Crippen LogP contribution in [0.4, 0.5) is 0 Å².